The Balaban J connectivity index is 2.01. The molecule has 24 heavy (non-hydrogen) atoms. The number of anilines is 3. The minimum atomic E-state index is -0.293. The molecule has 0 unspecified atom stereocenters. The Labute approximate surface area is 139 Å². The van der Waals surface area contributed by atoms with E-state index in [4.69, 9.17) is 4.74 Å². The Kier molecular flexibility index (Phi) is 6.21. The van der Waals surface area contributed by atoms with Crippen molar-refractivity contribution in [3.8, 4) is 0 Å². The second-order valence-corrected chi connectivity index (χ2v) is 4.90. The summed E-state index contributed by atoms with van der Waals surface area (Å²) in [5.41, 5.74) is 1.69. The predicted molar refractivity (Wildman–Crippen MR) is 90.3 cm³/mol. The second kappa shape index (κ2) is 8.59. The van der Waals surface area contributed by atoms with Crippen molar-refractivity contribution in [3.63, 3.8) is 0 Å². The zero-order valence-corrected chi connectivity index (χ0v) is 13.5. The maximum atomic E-state index is 11.9. The highest BCUT2D eigenvalue weighted by Crippen LogP contribution is 2.16. The third-order valence-corrected chi connectivity index (χ3v) is 2.94. The fourth-order valence-electron chi connectivity index (χ4n) is 1.87. The van der Waals surface area contributed by atoms with Gasteiger partial charge in [-0.15, -0.1) is 0 Å². The lowest BCUT2D eigenvalue weighted by molar-refractivity contribution is -0.114. The van der Waals surface area contributed by atoms with Gasteiger partial charge in [-0.3, -0.25) is 9.59 Å². The van der Waals surface area contributed by atoms with Gasteiger partial charge in [-0.25, -0.2) is 9.97 Å². The van der Waals surface area contributed by atoms with E-state index in [0.717, 1.165) is 5.69 Å². The third-order valence-electron chi connectivity index (χ3n) is 2.94. The van der Waals surface area contributed by atoms with E-state index in [-0.39, 0.29) is 17.5 Å². The monoisotopic (exact) mass is 329 g/mol. The SMILES string of the molecule is COCCNC(=O)c1ccnc(Nc2ccc(NC(C)=O)cc2)n1. The van der Waals surface area contributed by atoms with Gasteiger partial charge in [0.2, 0.25) is 11.9 Å². The Morgan fingerprint density at radius 2 is 1.83 bits per heavy atom. The van der Waals surface area contributed by atoms with E-state index in [1.54, 1.807) is 31.4 Å². The van der Waals surface area contributed by atoms with Gasteiger partial charge in [0.05, 0.1) is 6.61 Å². The lowest BCUT2D eigenvalue weighted by atomic mass is 10.3. The van der Waals surface area contributed by atoms with Crippen molar-refractivity contribution in [2.75, 3.05) is 30.9 Å². The molecular weight excluding hydrogens is 310 g/mol. The molecule has 0 spiro atoms. The molecule has 0 saturated carbocycles. The maximum absolute atomic E-state index is 11.9. The van der Waals surface area contributed by atoms with Gasteiger partial charge in [0.15, 0.2) is 0 Å². The van der Waals surface area contributed by atoms with Crippen LogP contribution in [0, 0.1) is 0 Å². The number of rotatable bonds is 7. The molecule has 0 aliphatic heterocycles. The zero-order chi connectivity index (χ0) is 17.4. The number of benzene rings is 1. The summed E-state index contributed by atoms with van der Waals surface area (Å²) in [6.07, 6.45) is 1.51. The highest BCUT2D eigenvalue weighted by atomic mass is 16.5. The van der Waals surface area contributed by atoms with Gasteiger partial charge in [-0.1, -0.05) is 0 Å². The van der Waals surface area contributed by atoms with Crippen molar-refractivity contribution in [2.24, 2.45) is 0 Å². The minimum absolute atomic E-state index is 0.133. The van der Waals surface area contributed by atoms with Crippen LogP contribution in [0.2, 0.25) is 0 Å². The average molecular weight is 329 g/mol. The number of amides is 2. The minimum Gasteiger partial charge on any atom is -0.383 e. The molecule has 0 aliphatic carbocycles. The van der Waals surface area contributed by atoms with Gasteiger partial charge in [0, 0.05) is 38.1 Å². The summed E-state index contributed by atoms with van der Waals surface area (Å²) in [5, 5.41) is 8.38. The van der Waals surface area contributed by atoms with Crippen LogP contribution in [0.1, 0.15) is 17.4 Å². The van der Waals surface area contributed by atoms with Crippen LogP contribution >= 0.6 is 0 Å². The van der Waals surface area contributed by atoms with E-state index in [1.807, 2.05) is 0 Å². The highest BCUT2D eigenvalue weighted by Gasteiger charge is 2.08. The Hall–Kier alpha value is -3.00. The number of carbonyl (C=O) groups is 2. The van der Waals surface area contributed by atoms with Crippen LogP contribution in [-0.2, 0) is 9.53 Å². The molecule has 0 saturated heterocycles. The number of ether oxygens (including phenoxy) is 1. The van der Waals surface area contributed by atoms with Crippen LogP contribution < -0.4 is 16.0 Å². The smallest absolute Gasteiger partial charge is 0.270 e. The van der Waals surface area contributed by atoms with E-state index in [9.17, 15) is 9.59 Å². The third kappa shape index (κ3) is 5.33. The Bertz CT molecular complexity index is 703. The van der Waals surface area contributed by atoms with Crippen LogP contribution in [0.25, 0.3) is 0 Å². The van der Waals surface area contributed by atoms with Crippen LogP contribution in [0.15, 0.2) is 36.5 Å². The van der Waals surface area contributed by atoms with Crippen LogP contribution in [0.3, 0.4) is 0 Å². The van der Waals surface area contributed by atoms with Crippen molar-refractivity contribution in [2.45, 2.75) is 6.92 Å². The molecule has 2 aromatic rings. The summed E-state index contributed by atoms with van der Waals surface area (Å²) in [6, 6.07) is 8.60. The second-order valence-electron chi connectivity index (χ2n) is 4.90. The fraction of sp³-hybridized carbons (Fsp3) is 0.250. The summed E-state index contributed by atoms with van der Waals surface area (Å²) in [4.78, 5) is 31.2. The van der Waals surface area contributed by atoms with Gasteiger partial charge in [0.25, 0.3) is 5.91 Å². The first-order valence-corrected chi connectivity index (χ1v) is 7.33. The molecule has 0 atom stereocenters. The summed E-state index contributed by atoms with van der Waals surface area (Å²) in [7, 11) is 1.57. The number of carbonyl (C=O) groups excluding carboxylic acids is 2. The fourth-order valence-corrected chi connectivity index (χ4v) is 1.87. The summed E-state index contributed by atoms with van der Waals surface area (Å²) in [5.74, 6) is -0.119. The van der Waals surface area contributed by atoms with Crippen molar-refractivity contribution in [1.82, 2.24) is 15.3 Å². The first-order valence-electron chi connectivity index (χ1n) is 7.33. The quantitative estimate of drug-likeness (QED) is 0.666. The van der Waals surface area contributed by atoms with E-state index < -0.39 is 0 Å². The highest BCUT2D eigenvalue weighted by molar-refractivity contribution is 5.92. The standard InChI is InChI=1S/C16H19N5O3/c1-11(22)19-12-3-5-13(6-4-12)20-16-18-8-7-14(21-16)15(23)17-9-10-24-2/h3-8H,9-10H2,1-2H3,(H,17,23)(H,19,22)(H,18,20,21). The molecule has 8 heteroatoms. The van der Waals surface area contributed by atoms with Crippen LogP contribution in [0.5, 0.6) is 0 Å². The molecule has 0 fully saturated rings. The lowest BCUT2D eigenvalue weighted by Gasteiger charge is -2.08. The number of nitrogens with zero attached hydrogens (tertiary/aromatic N) is 2. The topological polar surface area (TPSA) is 105 Å². The summed E-state index contributed by atoms with van der Waals surface area (Å²) < 4.78 is 4.88. The zero-order valence-electron chi connectivity index (χ0n) is 13.5. The molecule has 0 aliphatic rings. The predicted octanol–water partition coefficient (Wildman–Crippen LogP) is 1.55. The molecule has 1 aromatic heterocycles. The molecule has 8 nitrogen and oxygen atoms in total. The molecule has 126 valence electrons. The first-order chi connectivity index (χ1) is 11.6. The van der Waals surface area contributed by atoms with Gasteiger partial charge in [-0.2, -0.15) is 0 Å². The number of methoxy groups -OCH3 is 1. The van der Waals surface area contributed by atoms with Crippen molar-refractivity contribution in [1.29, 1.82) is 0 Å². The number of aromatic nitrogens is 2. The van der Waals surface area contributed by atoms with Gasteiger partial charge >= 0.3 is 0 Å². The Morgan fingerprint density at radius 1 is 1.12 bits per heavy atom. The molecular formula is C16H19N5O3. The number of hydrogen-bond donors (Lipinski definition) is 3. The van der Waals surface area contributed by atoms with Crippen molar-refractivity contribution < 1.29 is 14.3 Å². The molecule has 2 amide bonds. The number of nitrogens with one attached hydrogen (secondary N) is 3. The molecule has 1 heterocycles. The Morgan fingerprint density at radius 3 is 2.50 bits per heavy atom. The molecule has 1 aromatic carbocycles. The average Bonchev–Trinajstić information content (AvgIpc) is 2.56. The van der Waals surface area contributed by atoms with Gasteiger partial charge < -0.3 is 20.7 Å². The molecule has 0 bridgehead atoms. The van der Waals surface area contributed by atoms with Crippen molar-refractivity contribution >= 4 is 29.1 Å². The normalized spacial score (nSPS) is 10.1. The van der Waals surface area contributed by atoms with E-state index in [0.29, 0.717) is 24.8 Å². The summed E-state index contributed by atoms with van der Waals surface area (Å²) in [6.45, 7) is 2.29. The largest absolute Gasteiger partial charge is 0.383 e. The van der Waals surface area contributed by atoms with E-state index >= 15 is 0 Å². The molecule has 0 radical (unpaired) electrons. The molecule has 3 N–H and O–H groups in total. The van der Waals surface area contributed by atoms with Crippen LogP contribution in [0.4, 0.5) is 17.3 Å². The maximum Gasteiger partial charge on any atom is 0.270 e. The summed E-state index contributed by atoms with van der Waals surface area (Å²) >= 11 is 0. The molecule has 2 rings (SSSR count). The van der Waals surface area contributed by atoms with Crippen molar-refractivity contribution in [3.05, 3.63) is 42.2 Å². The van der Waals surface area contributed by atoms with Gasteiger partial charge in [-0.05, 0) is 30.3 Å². The first kappa shape index (κ1) is 17.4. The van der Waals surface area contributed by atoms with E-state index in [1.165, 1.54) is 19.2 Å². The number of hydrogen-bond acceptors (Lipinski definition) is 6. The lowest BCUT2D eigenvalue weighted by Crippen LogP contribution is -2.27. The van der Waals surface area contributed by atoms with E-state index in [2.05, 4.69) is 25.9 Å². The van der Waals surface area contributed by atoms with Crippen LogP contribution in [-0.4, -0.2) is 42.0 Å². The van der Waals surface area contributed by atoms with Gasteiger partial charge in [0.1, 0.15) is 5.69 Å².